The van der Waals surface area contributed by atoms with E-state index in [-0.39, 0.29) is 5.12 Å². The molecule has 0 saturated carbocycles. The molecule has 2 nitrogen and oxygen atoms in total. The van der Waals surface area contributed by atoms with E-state index < -0.39 is 0 Å². The molecule has 0 N–H and O–H groups in total. The summed E-state index contributed by atoms with van der Waals surface area (Å²) in [5.41, 5.74) is 2.51. The predicted molar refractivity (Wildman–Crippen MR) is 79.5 cm³/mol. The number of piperidine rings is 1. The van der Waals surface area contributed by atoms with Crippen molar-refractivity contribution in [3.8, 4) is 0 Å². The largest absolute Gasteiger partial charge is 0.371 e. The normalized spacial score (nSPS) is 18.7. The van der Waals surface area contributed by atoms with Gasteiger partial charge in [0, 0.05) is 24.3 Å². The van der Waals surface area contributed by atoms with Gasteiger partial charge in [0.05, 0.1) is 0 Å². The highest BCUT2D eigenvalue weighted by atomic mass is 32.2. The number of benzene rings is 1. The first kappa shape index (κ1) is 13.5. The summed E-state index contributed by atoms with van der Waals surface area (Å²) in [4.78, 5) is 14.0. The third kappa shape index (κ3) is 3.08. The zero-order valence-electron chi connectivity index (χ0n) is 11.4. The lowest BCUT2D eigenvalue weighted by Crippen LogP contribution is -2.37. The maximum Gasteiger partial charge on any atom is 0.219 e. The van der Waals surface area contributed by atoms with Gasteiger partial charge in [-0.3, -0.25) is 4.79 Å². The number of nitrogens with zero attached hydrogens (tertiary/aromatic N) is 1. The number of carbonyl (C=O) groups is 1. The molecule has 1 aliphatic rings. The van der Waals surface area contributed by atoms with Crippen LogP contribution in [-0.4, -0.2) is 24.5 Å². The van der Waals surface area contributed by atoms with Crippen molar-refractivity contribution in [1.29, 1.82) is 0 Å². The van der Waals surface area contributed by atoms with Crippen LogP contribution >= 0.6 is 11.8 Å². The Kier molecular flexibility index (Phi) is 4.00. The van der Waals surface area contributed by atoms with Gasteiger partial charge in [-0.15, -0.1) is 0 Å². The standard InChI is InChI=1S/C15H21NOS/c1-15(2)8-10-16(11-9-15)13-6-4-12(5-7-13)14(17)18-3/h4-7H,8-11H2,1-3H3. The minimum atomic E-state index is 0.140. The van der Waals surface area contributed by atoms with Crippen molar-refractivity contribution in [1.82, 2.24) is 0 Å². The molecule has 1 fully saturated rings. The molecule has 0 radical (unpaired) electrons. The second-order valence-corrected chi connectivity index (χ2v) is 6.47. The second kappa shape index (κ2) is 5.35. The number of carbonyl (C=O) groups excluding carboxylic acids is 1. The van der Waals surface area contributed by atoms with Crippen LogP contribution in [0.1, 0.15) is 37.0 Å². The van der Waals surface area contributed by atoms with Crippen LogP contribution in [0, 0.1) is 5.41 Å². The molecule has 0 atom stereocenters. The summed E-state index contributed by atoms with van der Waals surface area (Å²) in [6.07, 6.45) is 4.29. The molecule has 1 heterocycles. The lowest BCUT2D eigenvalue weighted by Gasteiger charge is -2.38. The molecule has 0 spiro atoms. The zero-order chi connectivity index (χ0) is 13.2. The first-order valence-electron chi connectivity index (χ1n) is 6.45. The first-order valence-corrected chi connectivity index (χ1v) is 7.68. The van der Waals surface area contributed by atoms with Crippen molar-refractivity contribution in [2.24, 2.45) is 5.41 Å². The lowest BCUT2D eigenvalue weighted by molar-refractivity contribution is 0.108. The molecule has 1 aliphatic heterocycles. The van der Waals surface area contributed by atoms with Gasteiger partial charge in [0.15, 0.2) is 0 Å². The molecule has 3 heteroatoms. The Hall–Kier alpha value is -0.960. The summed E-state index contributed by atoms with van der Waals surface area (Å²) in [5, 5.41) is 0.140. The fraction of sp³-hybridized carbons (Fsp3) is 0.533. The van der Waals surface area contributed by atoms with Gasteiger partial charge in [0.25, 0.3) is 0 Å². The molecule has 0 aromatic heterocycles. The van der Waals surface area contributed by atoms with Crippen LogP contribution < -0.4 is 4.90 Å². The number of thioether (sulfide) groups is 1. The van der Waals surface area contributed by atoms with Gasteiger partial charge in [0.1, 0.15) is 0 Å². The predicted octanol–water partition coefficient (Wildman–Crippen LogP) is 3.82. The maximum absolute atomic E-state index is 11.5. The highest BCUT2D eigenvalue weighted by Gasteiger charge is 2.25. The molecule has 1 aromatic carbocycles. The second-order valence-electron chi connectivity index (χ2n) is 5.69. The minimum Gasteiger partial charge on any atom is -0.371 e. The summed E-state index contributed by atoms with van der Waals surface area (Å²) in [6.45, 7) is 6.90. The van der Waals surface area contributed by atoms with E-state index >= 15 is 0 Å². The van der Waals surface area contributed by atoms with Crippen molar-refractivity contribution >= 4 is 22.6 Å². The summed E-state index contributed by atoms with van der Waals surface area (Å²) in [6, 6.07) is 8.02. The highest BCUT2D eigenvalue weighted by Crippen LogP contribution is 2.32. The average molecular weight is 263 g/mol. The maximum atomic E-state index is 11.5. The Morgan fingerprint density at radius 1 is 1.17 bits per heavy atom. The monoisotopic (exact) mass is 263 g/mol. The summed E-state index contributed by atoms with van der Waals surface area (Å²) in [5.74, 6) is 0. The Bertz CT molecular complexity index is 415. The van der Waals surface area contributed by atoms with Gasteiger partial charge in [-0.05, 0) is 48.8 Å². The number of anilines is 1. The Morgan fingerprint density at radius 3 is 2.22 bits per heavy atom. The van der Waals surface area contributed by atoms with E-state index in [2.05, 4.69) is 30.9 Å². The SMILES string of the molecule is CSC(=O)c1ccc(N2CCC(C)(C)CC2)cc1. The third-order valence-corrected chi connectivity index (χ3v) is 4.38. The van der Waals surface area contributed by atoms with E-state index in [4.69, 9.17) is 0 Å². The van der Waals surface area contributed by atoms with E-state index in [1.165, 1.54) is 30.3 Å². The number of rotatable bonds is 2. The molecule has 0 unspecified atom stereocenters. The fourth-order valence-corrected chi connectivity index (χ4v) is 2.67. The molecule has 18 heavy (non-hydrogen) atoms. The average Bonchev–Trinajstić information content (AvgIpc) is 2.38. The molecule has 1 saturated heterocycles. The van der Waals surface area contributed by atoms with Gasteiger partial charge in [-0.25, -0.2) is 0 Å². The molecule has 0 bridgehead atoms. The third-order valence-electron chi connectivity index (χ3n) is 3.77. The van der Waals surface area contributed by atoms with Crippen LogP contribution in [0.25, 0.3) is 0 Å². The van der Waals surface area contributed by atoms with Gasteiger partial charge in [-0.1, -0.05) is 25.6 Å². The van der Waals surface area contributed by atoms with Gasteiger partial charge in [0.2, 0.25) is 5.12 Å². The highest BCUT2D eigenvalue weighted by molar-refractivity contribution is 8.13. The Labute approximate surface area is 114 Å². The fourth-order valence-electron chi connectivity index (χ4n) is 2.30. The smallest absolute Gasteiger partial charge is 0.219 e. The molecular weight excluding hydrogens is 242 g/mol. The van der Waals surface area contributed by atoms with E-state index in [1.54, 1.807) is 0 Å². The molecular formula is C15H21NOS. The van der Waals surface area contributed by atoms with E-state index in [1.807, 2.05) is 18.4 Å². The van der Waals surface area contributed by atoms with Crippen molar-refractivity contribution in [2.45, 2.75) is 26.7 Å². The van der Waals surface area contributed by atoms with Crippen LogP contribution in [0.15, 0.2) is 24.3 Å². The minimum absolute atomic E-state index is 0.140. The quantitative estimate of drug-likeness (QED) is 0.809. The molecule has 0 aliphatic carbocycles. The molecule has 1 aromatic rings. The molecule has 0 amide bonds. The van der Waals surface area contributed by atoms with Crippen LogP contribution in [0.2, 0.25) is 0 Å². The van der Waals surface area contributed by atoms with Crippen LogP contribution in [0.5, 0.6) is 0 Å². The number of hydrogen-bond acceptors (Lipinski definition) is 3. The summed E-state index contributed by atoms with van der Waals surface area (Å²) < 4.78 is 0. The summed E-state index contributed by atoms with van der Waals surface area (Å²) in [7, 11) is 0. The van der Waals surface area contributed by atoms with Crippen molar-refractivity contribution < 1.29 is 4.79 Å². The van der Waals surface area contributed by atoms with Crippen LogP contribution in [-0.2, 0) is 0 Å². The first-order chi connectivity index (χ1) is 8.52. The lowest BCUT2D eigenvalue weighted by atomic mass is 9.82. The topological polar surface area (TPSA) is 20.3 Å². The molecule has 98 valence electrons. The van der Waals surface area contributed by atoms with E-state index in [0.717, 1.165) is 18.7 Å². The number of hydrogen-bond donors (Lipinski definition) is 0. The van der Waals surface area contributed by atoms with E-state index in [0.29, 0.717) is 5.41 Å². The van der Waals surface area contributed by atoms with E-state index in [9.17, 15) is 4.79 Å². The van der Waals surface area contributed by atoms with Gasteiger partial charge < -0.3 is 4.90 Å². The van der Waals surface area contributed by atoms with Crippen molar-refractivity contribution in [3.63, 3.8) is 0 Å². The van der Waals surface area contributed by atoms with Gasteiger partial charge >= 0.3 is 0 Å². The Morgan fingerprint density at radius 2 is 1.72 bits per heavy atom. The van der Waals surface area contributed by atoms with Crippen molar-refractivity contribution in [2.75, 3.05) is 24.2 Å². The Balaban J connectivity index is 2.04. The molecule has 2 rings (SSSR count). The summed E-state index contributed by atoms with van der Waals surface area (Å²) >= 11 is 1.27. The van der Waals surface area contributed by atoms with Crippen LogP contribution in [0.4, 0.5) is 5.69 Å². The van der Waals surface area contributed by atoms with Crippen LogP contribution in [0.3, 0.4) is 0 Å². The van der Waals surface area contributed by atoms with Gasteiger partial charge in [-0.2, -0.15) is 0 Å². The zero-order valence-corrected chi connectivity index (χ0v) is 12.2. The van der Waals surface area contributed by atoms with Crippen molar-refractivity contribution in [3.05, 3.63) is 29.8 Å².